The molecule has 3 aromatic rings. The van der Waals surface area contributed by atoms with Crippen molar-refractivity contribution in [2.75, 3.05) is 4.72 Å². The number of aryl methyl sites for hydroxylation is 1. The second-order valence-corrected chi connectivity index (χ2v) is 8.49. The van der Waals surface area contributed by atoms with Crippen LogP contribution in [0, 0.1) is 0 Å². The van der Waals surface area contributed by atoms with E-state index < -0.39 is 10.0 Å². The SMILES string of the molecule is CCn1c(=O)sc2cc(S(=O)(=O)Nc3cc(Cl)ccc3Cl)ccc21. The number of fused-ring (bicyclic) bond motifs is 1. The number of nitrogens with zero attached hydrogens (tertiary/aromatic N) is 1. The third-order valence-electron chi connectivity index (χ3n) is 3.44. The van der Waals surface area contributed by atoms with Gasteiger partial charge in [0.25, 0.3) is 10.0 Å². The summed E-state index contributed by atoms with van der Waals surface area (Å²) in [5, 5.41) is 0.608. The van der Waals surface area contributed by atoms with Crippen molar-refractivity contribution in [3.63, 3.8) is 0 Å². The predicted octanol–water partition coefficient (Wildman–Crippen LogP) is 4.19. The maximum absolute atomic E-state index is 12.6. The number of thiazole rings is 1. The summed E-state index contributed by atoms with van der Waals surface area (Å²) in [5.41, 5.74) is 0.913. The van der Waals surface area contributed by atoms with E-state index in [1.54, 1.807) is 16.7 Å². The highest BCUT2D eigenvalue weighted by molar-refractivity contribution is 7.92. The van der Waals surface area contributed by atoms with Gasteiger partial charge >= 0.3 is 4.87 Å². The third-order valence-corrected chi connectivity index (χ3v) is 6.31. The second-order valence-electron chi connectivity index (χ2n) is 4.97. The van der Waals surface area contributed by atoms with Gasteiger partial charge in [-0.2, -0.15) is 0 Å². The molecule has 1 aromatic heterocycles. The zero-order valence-electron chi connectivity index (χ0n) is 12.4. The number of aromatic nitrogens is 1. The molecular weight excluding hydrogens is 391 g/mol. The van der Waals surface area contributed by atoms with Crippen molar-refractivity contribution in [2.45, 2.75) is 18.4 Å². The van der Waals surface area contributed by atoms with E-state index in [1.807, 2.05) is 6.92 Å². The van der Waals surface area contributed by atoms with Gasteiger partial charge < -0.3 is 0 Å². The van der Waals surface area contributed by atoms with Gasteiger partial charge in [-0.15, -0.1) is 0 Å². The lowest BCUT2D eigenvalue weighted by Gasteiger charge is -2.10. The van der Waals surface area contributed by atoms with Crippen molar-refractivity contribution in [3.8, 4) is 0 Å². The standard InChI is InChI=1S/C15H12Cl2N2O3S2/c1-2-19-13-6-4-10(8-14(13)23-15(19)20)24(21,22)18-12-7-9(16)3-5-11(12)17/h3-8,18H,2H2,1H3. The summed E-state index contributed by atoms with van der Waals surface area (Å²) >= 11 is 12.9. The lowest BCUT2D eigenvalue weighted by Crippen LogP contribution is -2.13. The highest BCUT2D eigenvalue weighted by Gasteiger charge is 2.18. The summed E-state index contributed by atoms with van der Waals surface area (Å²) in [4.78, 5) is 11.8. The Morgan fingerprint density at radius 3 is 2.62 bits per heavy atom. The van der Waals surface area contributed by atoms with Crippen LogP contribution in [0.25, 0.3) is 10.2 Å². The first-order chi connectivity index (χ1) is 11.3. The molecule has 0 saturated heterocycles. The summed E-state index contributed by atoms with van der Waals surface area (Å²) < 4.78 is 29.8. The quantitative estimate of drug-likeness (QED) is 0.710. The van der Waals surface area contributed by atoms with Crippen molar-refractivity contribution < 1.29 is 8.42 Å². The molecule has 3 rings (SSSR count). The van der Waals surface area contributed by atoms with Crippen LogP contribution in [0.3, 0.4) is 0 Å². The van der Waals surface area contributed by atoms with Crippen LogP contribution in [0.4, 0.5) is 5.69 Å². The van der Waals surface area contributed by atoms with Gasteiger partial charge in [-0.05, 0) is 43.3 Å². The molecule has 24 heavy (non-hydrogen) atoms. The second kappa shape index (κ2) is 6.40. The molecule has 0 fully saturated rings. The van der Waals surface area contributed by atoms with E-state index in [-0.39, 0.29) is 20.5 Å². The number of rotatable bonds is 4. The monoisotopic (exact) mass is 402 g/mol. The van der Waals surface area contributed by atoms with Gasteiger partial charge in [0, 0.05) is 11.6 Å². The molecule has 0 spiro atoms. The van der Waals surface area contributed by atoms with Gasteiger partial charge in [-0.1, -0.05) is 34.5 Å². The van der Waals surface area contributed by atoms with E-state index in [4.69, 9.17) is 23.2 Å². The van der Waals surface area contributed by atoms with Crippen molar-refractivity contribution in [1.82, 2.24) is 4.57 Å². The minimum Gasteiger partial charge on any atom is -0.299 e. The first-order valence-corrected chi connectivity index (χ1v) is 9.98. The Labute approximate surface area is 152 Å². The van der Waals surface area contributed by atoms with Crippen LogP contribution >= 0.6 is 34.5 Å². The average Bonchev–Trinajstić information content (AvgIpc) is 2.84. The molecule has 5 nitrogen and oxygen atoms in total. The van der Waals surface area contributed by atoms with Crippen LogP contribution in [0.1, 0.15) is 6.92 Å². The fraction of sp³-hybridized carbons (Fsp3) is 0.133. The summed E-state index contributed by atoms with van der Waals surface area (Å²) in [5.74, 6) is 0. The Balaban J connectivity index is 2.05. The van der Waals surface area contributed by atoms with Gasteiger partial charge in [-0.3, -0.25) is 14.1 Å². The molecule has 2 aromatic carbocycles. The Kier molecular flexibility index (Phi) is 4.61. The van der Waals surface area contributed by atoms with E-state index in [0.717, 1.165) is 11.3 Å². The molecule has 0 saturated carbocycles. The van der Waals surface area contributed by atoms with Crippen LogP contribution in [0.5, 0.6) is 0 Å². The van der Waals surface area contributed by atoms with Gasteiger partial charge in [0.1, 0.15) is 0 Å². The minimum atomic E-state index is -3.85. The van der Waals surface area contributed by atoms with Crippen LogP contribution < -0.4 is 9.60 Å². The van der Waals surface area contributed by atoms with Gasteiger partial charge in [0.2, 0.25) is 0 Å². The van der Waals surface area contributed by atoms with E-state index in [1.165, 1.54) is 24.3 Å². The minimum absolute atomic E-state index is 0.0514. The number of nitrogens with one attached hydrogen (secondary N) is 1. The molecule has 0 atom stereocenters. The Hall–Kier alpha value is -1.54. The summed E-state index contributed by atoms with van der Waals surface area (Å²) in [6.07, 6.45) is 0. The predicted molar refractivity (Wildman–Crippen MR) is 99.0 cm³/mol. The maximum atomic E-state index is 12.6. The van der Waals surface area contributed by atoms with Gasteiger partial charge in [0.05, 0.1) is 25.8 Å². The van der Waals surface area contributed by atoms with Crippen LogP contribution in [-0.2, 0) is 16.6 Å². The van der Waals surface area contributed by atoms with Crippen LogP contribution in [0.15, 0.2) is 46.1 Å². The molecule has 0 aliphatic heterocycles. The maximum Gasteiger partial charge on any atom is 0.308 e. The zero-order valence-corrected chi connectivity index (χ0v) is 15.6. The highest BCUT2D eigenvalue weighted by atomic mass is 35.5. The lowest BCUT2D eigenvalue weighted by molar-refractivity contribution is 0.601. The van der Waals surface area contributed by atoms with Crippen LogP contribution in [-0.4, -0.2) is 13.0 Å². The fourth-order valence-corrected chi connectivity index (χ4v) is 4.85. The highest BCUT2D eigenvalue weighted by Crippen LogP contribution is 2.29. The van der Waals surface area contributed by atoms with Crippen molar-refractivity contribution in [1.29, 1.82) is 0 Å². The molecule has 1 heterocycles. The Morgan fingerprint density at radius 2 is 1.92 bits per heavy atom. The lowest BCUT2D eigenvalue weighted by atomic mass is 10.3. The largest absolute Gasteiger partial charge is 0.308 e. The van der Waals surface area contributed by atoms with E-state index in [2.05, 4.69) is 4.72 Å². The molecule has 0 aliphatic carbocycles. The number of hydrogen-bond donors (Lipinski definition) is 1. The molecule has 0 aliphatic rings. The van der Waals surface area contributed by atoms with Gasteiger partial charge in [0.15, 0.2) is 0 Å². The Morgan fingerprint density at radius 1 is 1.17 bits per heavy atom. The molecule has 9 heteroatoms. The normalized spacial score (nSPS) is 11.8. The smallest absolute Gasteiger partial charge is 0.299 e. The van der Waals surface area contributed by atoms with Gasteiger partial charge in [-0.25, -0.2) is 8.42 Å². The number of halogens is 2. The number of benzene rings is 2. The van der Waals surface area contributed by atoms with E-state index in [0.29, 0.717) is 21.8 Å². The topological polar surface area (TPSA) is 68.2 Å². The van der Waals surface area contributed by atoms with Crippen molar-refractivity contribution >= 4 is 60.5 Å². The molecule has 0 unspecified atom stereocenters. The zero-order chi connectivity index (χ0) is 17.5. The molecule has 0 bridgehead atoms. The molecule has 1 N–H and O–H groups in total. The van der Waals surface area contributed by atoms with Crippen LogP contribution in [0.2, 0.25) is 10.0 Å². The number of anilines is 1. The molecule has 0 amide bonds. The average molecular weight is 403 g/mol. The van der Waals surface area contributed by atoms with Crippen molar-refractivity contribution in [3.05, 3.63) is 56.1 Å². The summed E-state index contributed by atoms with van der Waals surface area (Å²) in [6, 6.07) is 9.09. The molecular formula is C15H12Cl2N2O3S2. The third kappa shape index (κ3) is 3.17. The number of sulfonamides is 1. The molecule has 126 valence electrons. The first-order valence-electron chi connectivity index (χ1n) is 6.93. The number of hydrogen-bond acceptors (Lipinski definition) is 4. The Bertz CT molecular complexity index is 1090. The van der Waals surface area contributed by atoms with E-state index in [9.17, 15) is 13.2 Å². The summed E-state index contributed by atoms with van der Waals surface area (Å²) in [7, 11) is -3.85. The fourth-order valence-electron chi connectivity index (χ4n) is 2.29. The molecule has 0 radical (unpaired) electrons. The van der Waals surface area contributed by atoms with E-state index >= 15 is 0 Å². The van der Waals surface area contributed by atoms with Crippen molar-refractivity contribution in [2.24, 2.45) is 0 Å². The summed E-state index contributed by atoms with van der Waals surface area (Å²) in [6.45, 7) is 2.39. The first kappa shape index (κ1) is 17.3.